The smallest absolute Gasteiger partial charge is 0.226 e. The third-order valence-corrected chi connectivity index (χ3v) is 3.61. The first-order valence-electron chi connectivity index (χ1n) is 6.62. The van der Waals surface area contributed by atoms with Gasteiger partial charge in [0.2, 0.25) is 5.91 Å². The predicted octanol–water partition coefficient (Wildman–Crippen LogP) is 1.32. The molecule has 0 aliphatic heterocycles. The maximum absolute atomic E-state index is 12.0. The van der Waals surface area contributed by atoms with E-state index in [0.717, 1.165) is 30.5 Å². The van der Waals surface area contributed by atoms with Gasteiger partial charge in [-0.25, -0.2) is 0 Å². The maximum Gasteiger partial charge on any atom is 0.226 e. The zero-order valence-corrected chi connectivity index (χ0v) is 10.9. The number of aryl methyl sites for hydroxylation is 1. The summed E-state index contributed by atoms with van der Waals surface area (Å²) >= 11 is 0. The second kappa shape index (κ2) is 5.96. The summed E-state index contributed by atoms with van der Waals surface area (Å²) in [5.41, 5.74) is 7.92. The lowest BCUT2D eigenvalue weighted by atomic mass is 9.91. The van der Waals surface area contributed by atoms with Crippen LogP contribution in [0.3, 0.4) is 0 Å². The Morgan fingerprint density at radius 1 is 1.50 bits per heavy atom. The first-order valence-corrected chi connectivity index (χ1v) is 6.62. The van der Waals surface area contributed by atoms with Crippen LogP contribution in [0.25, 0.3) is 0 Å². The first kappa shape index (κ1) is 13.0. The molecule has 2 rings (SSSR count). The minimum atomic E-state index is 0.0270. The molecular formula is C14H21N3O. The molecule has 1 aliphatic rings. The van der Waals surface area contributed by atoms with Gasteiger partial charge >= 0.3 is 0 Å². The molecule has 1 aromatic heterocycles. The molecule has 0 bridgehead atoms. The number of rotatable bonds is 3. The minimum Gasteiger partial charge on any atom is -0.351 e. The van der Waals surface area contributed by atoms with E-state index in [1.807, 2.05) is 19.1 Å². The highest BCUT2D eigenvalue weighted by atomic mass is 16.1. The molecule has 1 heterocycles. The van der Waals surface area contributed by atoms with Gasteiger partial charge in [0, 0.05) is 18.3 Å². The standard InChI is InChI=1S/C14H21N3O/c1-10-5-4-8-16-13(10)9-14(18)17-12-7-3-2-6-11(12)15/h4-5,8,11-12H,2-3,6-7,9,15H2,1H3,(H,17,18). The minimum absolute atomic E-state index is 0.0270. The van der Waals surface area contributed by atoms with Crippen molar-refractivity contribution in [1.82, 2.24) is 10.3 Å². The molecule has 18 heavy (non-hydrogen) atoms. The molecular weight excluding hydrogens is 226 g/mol. The van der Waals surface area contributed by atoms with Crippen LogP contribution in [-0.4, -0.2) is 23.0 Å². The number of carbonyl (C=O) groups is 1. The molecule has 4 nitrogen and oxygen atoms in total. The lowest BCUT2D eigenvalue weighted by Crippen LogP contribution is -2.49. The summed E-state index contributed by atoms with van der Waals surface area (Å²) in [6.45, 7) is 1.97. The van der Waals surface area contributed by atoms with E-state index in [2.05, 4.69) is 10.3 Å². The largest absolute Gasteiger partial charge is 0.351 e. The van der Waals surface area contributed by atoms with Crippen LogP contribution < -0.4 is 11.1 Å². The van der Waals surface area contributed by atoms with Crippen LogP contribution in [0.15, 0.2) is 18.3 Å². The molecule has 1 aliphatic carbocycles. The summed E-state index contributed by atoms with van der Waals surface area (Å²) in [7, 11) is 0. The number of nitrogens with two attached hydrogens (primary N) is 1. The molecule has 2 unspecified atom stereocenters. The Hall–Kier alpha value is -1.42. The first-order chi connectivity index (χ1) is 8.66. The van der Waals surface area contributed by atoms with Gasteiger partial charge in [-0.05, 0) is 31.4 Å². The van der Waals surface area contributed by atoms with Crippen molar-refractivity contribution in [3.8, 4) is 0 Å². The van der Waals surface area contributed by atoms with Gasteiger partial charge in [-0.1, -0.05) is 18.9 Å². The monoisotopic (exact) mass is 247 g/mol. The van der Waals surface area contributed by atoms with Gasteiger partial charge in [0.15, 0.2) is 0 Å². The van der Waals surface area contributed by atoms with E-state index in [1.54, 1.807) is 6.20 Å². The summed E-state index contributed by atoms with van der Waals surface area (Å²) in [5, 5.41) is 3.04. The van der Waals surface area contributed by atoms with Crippen molar-refractivity contribution in [3.63, 3.8) is 0 Å². The second-order valence-electron chi connectivity index (χ2n) is 5.07. The molecule has 1 fully saturated rings. The Morgan fingerprint density at radius 2 is 2.28 bits per heavy atom. The molecule has 0 saturated heterocycles. The number of aromatic nitrogens is 1. The number of nitrogens with zero attached hydrogens (tertiary/aromatic N) is 1. The van der Waals surface area contributed by atoms with Crippen molar-refractivity contribution in [2.24, 2.45) is 5.73 Å². The van der Waals surface area contributed by atoms with Crippen LogP contribution in [0.5, 0.6) is 0 Å². The van der Waals surface area contributed by atoms with E-state index in [1.165, 1.54) is 6.42 Å². The lowest BCUT2D eigenvalue weighted by Gasteiger charge is -2.29. The van der Waals surface area contributed by atoms with Crippen molar-refractivity contribution in [2.45, 2.75) is 51.1 Å². The van der Waals surface area contributed by atoms with Crippen molar-refractivity contribution in [2.75, 3.05) is 0 Å². The number of pyridine rings is 1. The Kier molecular flexibility index (Phi) is 4.31. The van der Waals surface area contributed by atoms with Gasteiger partial charge in [-0.2, -0.15) is 0 Å². The fourth-order valence-electron chi connectivity index (χ4n) is 2.45. The van der Waals surface area contributed by atoms with Gasteiger partial charge < -0.3 is 11.1 Å². The highest BCUT2D eigenvalue weighted by molar-refractivity contribution is 5.78. The zero-order chi connectivity index (χ0) is 13.0. The van der Waals surface area contributed by atoms with Gasteiger partial charge in [0.1, 0.15) is 0 Å². The van der Waals surface area contributed by atoms with Crippen molar-refractivity contribution < 1.29 is 4.79 Å². The van der Waals surface area contributed by atoms with Crippen molar-refractivity contribution in [1.29, 1.82) is 0 Å². The number of carbonyl (C=O) groups excluding carboxylic acids is 1. The van der Waals surface area contributed by atoms with E-state index in [4.69, 9.17) is 5.73 Å². The maximum atomic E-state index is 12.0. The Bertz CT molecular complexity index is 419. The SMILES string of the molecule is Cc1cccnc1CC(=O)NC1CCCCC1N. The van der Waals surface area contributed by atoms with Crippen LogP contribution in [0.4, 0.5) is 0 Å². The number of nitrogens with one attached hydrogen (secondary N) is 1. The summed E-state index contributed by atoms with van der Waals surface area (Å²) in [5.74, 6) is 0.0270. The summed E-state index contributed by atoms with van der Waals surface area (Å²) in [6, 6.07) is 4.10. The van der Waals surface area contributed by atoms with E-state index in [9.17, 15) is 4.79 Å². The predicted molar refractivity (Wildman–Crippen MR) is 71.1 cm³/mol. The Balaban J connectivity index is 1.90. The van der Waals surface area contributed by atoms with E-state index < -0.39 is 0 Å². The van der Waals surface area contributed by atoms with Crippen molar-refractivity contribution >= 4 is 5.91 Å². The highest BCUT2D eigenvalue weighted by Gasteiger charge is 2.23. The van der Waals surface area contributed by atoms with E-state index in [0.29, 0.717) is 6.42 Å². The van der Waals surface area contributed by atoms with Gasteiger partial charge in [0.25, 0.3) is 0 Å². The van der Waals surface area contributed by atoms with Crippen LogP contribution >= 0.6 is 0 Å². The summed E-state index contributed by atoms with van der Waals surface area (Å²) < 4.78 is 0. The second-order valence-corrected chi connectivity index (χ2v) is 5.07. The van der Waals surface area contributed by atoms with Gasteiger partial charge in [-0.15, -0.1) is 0 Å². The Labute approximate surface area is 108 Å². The van der Waals surface area contributed by atoms with E-state index >= 15 is 0 Å². The Morgan fingerprint density at radius 3 is 3.00 bits per heavy atom. The average molecular weight is 247 g/mol. The van der Waals surface area contributed by atoms with Gasteiger partial charge in [-0.3, -0.25) is 9.78 Å². The molecule has 2 atom stereocenters. The molecule has 0 radical (unpaired) electrons. The molecule has 0 spiro atoms. The molecule has 3 N–H and O–H groups in total. The average Bonchev–Trinajstić information content (AvgIpc) is 2.35. The van der Waals surface area contributed by atoms with Crippen LogP contribution in [0.1, 0.15) is 36.9 Å². The molecule has 4 heteroatoms. The molecule has 1 amide bonds. The third kappa shape index (κ3) is 3.29. The summed E-state index contributed by atoms with van der Waals surface area (Å²) in [6.07, 6.45) is 6.40. The topological polar surface area (TPSA) is 68.0 Å². The number of amides is 1. The summed E-state index contributed by atoms with van der Waals surface area (Å²) in [4.78, 5) is 16.2. The number of hydrogen-bond donors (Lipinski definition) is 2. The number of hydrogen-bond acceptors (Lipinski definition) is 3. The normalized spacial score (nSPS) is 23.7. The zero-order valence-electron chi connectivity index (χ0n) is 10.9. The quantitative estimate of drug-likeness (QED) is 0.846. The van der Waals surface area contributed by atoms with E-state index in [-0.39, 0.29) is 18.0 Å². The molecule has 1 aromatic rings. The molecule has 1 saturated carbocycles. The third-order valence-electron chi connectivity index (χ3n) is 3.61. The lowest BCUT2D eigenvalue weighted by molar-refractivity contribution is -0.121. The molecule has 98 valence electrons. The molecule has 0 aromatic carbocycles. The highest BCUT2D eigenvalue weighted by Crippen LogP contribution is 2.17. The fourth-order valence-corrected chi connectivity index (χ4v) is 2.45. The fraction of sp³-hybridized carbons (Fsp3) is 0.571. The van der Waals surface area contributed by atoms with Crippen LogP contribution in [0, 0.1) is 6.92 Å². The van der Waals surface area contributed by atoms with Gasteiger partial charge in [0.05, 0.1) is 12.1 Å². The van der Waals surface area contributed by atoms with Crippen LogP contribution in [-0.2, 0) is 11.2 Å². The van der Waals surface area contributed by atoms with Crippen molar-refractivity contribution in [3.05, 3.63) is 29.6 Å². The van der Waals surface area contributed by atoms with Crippen LogP contribution in [0.2, 0.25) is 0 Å².